The van der Waals surface area contributed by atoms with E-state index in [1.807, 2.05) is 36.4 Å². The van der Waals surface area contributed by atoms with Crippen LogP contribution in [0, 0.1) is 0 Å². The quantitative estimate of drug-likeness (QED) is 0.618. The number of halogens is 1. The number of carbonyl (C=O) groups is 2. The minimum atomic E-state index is -0.329. The molecule has 6 nitrogen and oxygen atoms in total. The molecule has 2 aromatic carbocycles. The highest BCUT2D eigenvalue weighted by Gasteiger charge is 2.06. The summed E-state index contributed by atoms with van der Waals surface area (Å²) in [5.41, 5.74) is 6.64. The summed E-state index contributed by atoms with van der Waals surface area (Å²) in [5, 5.41) is 2.96. The zero-order chi connectivity index (χ0) is 18.1. The third-order valence-electron chi connectivity index (χ3n) is 3.46. The molecule has 0 spiro atoms. The highest BCUT2D eigenvalue weighted by atomic mass is 79.9. The molecular formula is C18H20BrN3O3. The number of hydrazine groups is 1. The van der Waals surface area contributed by atoms with Crippen LogP contribution in [0.5, 0.6) is 5.75 Å². The Kier molecular flexibility index (Phi) is 7.28. The van der Waals surface area contributed by atoms with Crippen molar-refractivity contribution in [2.24, 2.45) is 0 Å². The van der Waals surface area contributed by atoms with Crippen LogP contribution >= 0.6 is 15.9 Å². The van der Waals surface area contributed by atoms with Crippen LogP contribution in [0.2, 0.25) is 0 Å². The molecule has 0 heterocycles. The molecule has 0 aromatic heterocycles. The van der Waals surface area contributed by atoms with Crippen molar-refractivity contribution in [1.82, 2.24) is 10.9 Å². The molecule has 2 aromatic rings. The summed E-state index contributed by atoms with van der Waals surface area (Å²) in [6.07, 6.45) is 0.877. The maximum Gasteiger partial charge on any atom is 0.257 e. The Labute approximate surface area is 155 Å². The third kappa shape index (κ3) is 6.46. The number of hydrogen-bond acceptors (Lipinski definition) is 4. The van der Waals surface area contributed by atoms with Gasteiger partial charge < -0.3 is 10.1 Å². The van der Waals surface area contributed by atoms with E-state index in [2.05, 4.69) is 32.1 Å². The molecule has 132 valence electrons. The summed E-state index contributed by atoms with van der Waals surface area (Å²) in [6.45, 7) is 0.0524. The van der Waals surface area contributed by atoms with Crippen molar-refractivity contribution < 1.29 is 14.3 Å². The minimum absolute atomic E-state index is 0.0524. The van der Waals surface area contributed by atoms with Crippen LogP contribution in [0.4, 0.5) is 5.69 Å². The SMILES string of the molecule is COc1ccc(NCC(=O)NNC(=O)CCc2ccccc2Br)cc1. The van der Waals surface area contributed by atoms with Crippen molar-refractivity contribution in [2.45, 2.75) is 12.8 Å². The average Bonchev–Trinajstić information content (AvgIpc) is 2.64. The fourth-order valence-corrected chi connectivity index (χ4v) is 2.57. The van der Waals surface area contributed by atoms with E-state index >= 15 is 0 Å². The first-order chi connectivity index (χ1) is 12.1. The Bertz CT molecular complexity index is 720. The predicted octanol–water partition coefficient (Wildman–Crippen LogP) is 2.65. The first-order valence-corrected chi connectivity index (χ1v) is 8.57. The van der Waals surface area contributed by atoms with Crippen LogP contribution in [0.3, 0.4) is 0 Å². The summed E-state index contributed by atoms with van der Waals surface area (Å²) in [6, 6.07) is 14.9. The molecular weight excluding hydrogens is 386 g/mol. The van der Waals surface area contributed by atoms with Crippen molar-refractivity contribution in [1.29, 1.82) is 0 Å². The number of benzene rings is 2. The number of methoxy groups -OCH3 is 1. The highest BCUT2D eigenvalue weighted by molar-refractivity contribution is 9.10. The van der Waals surface area contributed by atoms with Crippen LogP contribution in [0.1, 0.15) is 12.0 Å². The van der Waals surface area contributed by atoms with E-state index < -0.39 is 0 Å². The minimum Gasteiger partial charge on any atom is -0.497 e. The molecule has 3 N–H and O–H groups in total. The summed E-state index contributed by atoms with van der Waals surface area (Å²) in [5.74, 6) is 0.172. The third-order valence-corrected chi connectivity index (χ3v) is 4.24. The van der Waals surface area contributed by atoms with E-state index in [9.17, 15) is 9.59 Å². The van der Waals surface area contributed by atoms with Gasteiger partial charge in [-0.05, 0) is 42.3 Å². The zero-order valence-electron chi connectivity index (χ0n) is 13.8. The monoisotopic (exact) mass is 405 g/mol. The second kappa shape index (κ2) is 9.68. The van der Waals surface area contributed by atoms with Gasteiger partial charge in [0.2, 0.25) is 5.91 Å². The number of amides is 2. The topological polar surface area (TPSA) is 79.5 Å². The molecule has 0 unspecified atom stereocenters. The number of ether oxygens (including phenoxy) is 1. The number of nitrogens with one attached hydrogen (secondary N) is 3. The van der Waals surface area contributed by atoms with E-state index in [1.54, 1.807) is 19.2 Å². The molecule has 0 fully saturated rings. The molecule has 0 bridgehead atoms. The van der Waals surface area contributed by atoms with Gasteiger partial charge in [0, 0.05) is 16.6 Å². The Morgan fingerprint density at radius 2 is 1.68 bits per heavy atom. The first kappa shape index (κ1) is 18.8. The van der Waals surface area contributed by atoms with E-state index in [0.29, 0.717) is 6.42 Å². The van der Waals surface area contributed by atoms with Crippen LogP contribution in [0.25, 0.3) is 0 Å². The van der Waals surface area contributed by atoms with Gasteiger partial charge in [-0.25, -0.2) is 0 Å². The molecule has 0 radical (unpaired) electrons. The van der Waals surface area contributed by atoms with E-state index in [4.69, 9.17) is 4.74 Å². The predicted molar refractivity (Wildman–Crippen MR) is 100 cm³/mol. The normalized spacial score (nSPS) is 10.0. The van der Waals surface area contributed by atoms with Gasteiger partial charge in [-0.3, -0.25) is 20.4 Å². The molecule has 2 rings (SSSR count). The summed E-state index contributed by atoms with van der Waals surface area (Å²) in [7, 11) is 1.59. The van der Waals surface area contributed by atoms with E-state index in [0.717, 1.165) is 21.5 Å². The van der Waals surface area contributed by atoms with Crippen LogP contribution in [0.15, 0.2) is 53.0 Å². The van der Waals surface area contributed by atoms with Crippen LogP contribution < -0.4 is 20.9 Å². The molecule has 0 saturated heterocycles. The largest absolute Gasteiger partial charge is 0.497 e. The number of anilines is 1. The molecule has 0 aliphatic heterocycles. The maximum absolute atomic E-state index is 11.8. The lowest BCUT2D eigenvalue weighted by molar-refractivity contribution is -0.128. The number of hydrogen-bond donors (Lipinski definition) is 3. The van der Waals surface area contributed by atoms with Crippen molar-refractivity contribution in [3.05, 3.63) is 58.6 Å². The van der Waals surface area contributed by atoms with Crippen molar-refractivity contribution in [3.63, 3.8) is 0 Å². The van der Waals surface area contributed by atoms with Crippen molar-refractivity contribution in [3.8, 4) is 5.75 Å². The lowest BCUT2D eigenvalue weighted by atomic mass is 10.1. The van der Waals surface area contributed by atoms with Gasteiger partial charge in [0.1, 0.15) is 5.75 Å². The fourth-order valence-electron chi connectivity index (χ4n) is 2.09. The lowest BCUT2D eigenvalue weighted by Gasteiger charge is -2.10. The summed E-state index contributed by atoms with van der Waals surface area (Å²) in [4.78, 5) is 23.6. The van der Waals surface area contributed by atoms with E-state index in [1.165, 1.54) is 0 Å². The smallest absolute Gasteiger partial charge is 0.257 e. The maximum atomic E-state index is 11.8. The van der Waals surface area contributed by atoms with Gasteiger partial charge in [0.25, 0.3) is 5.91 Å². The summed E-state index contributed by atoms with van der Waals surface area (Å²) >= 11 is 3.44. The van der Waals surface area contributed by atoms with Gasteiger partial charge in [0.15, 0.2) is 0 Å². The average molecular weight is 406 g/mol. The molecule has 0 aliphatic rings. The standard InChI is InChI=1S/C18H20BrN3O3/c1-25-15-9-7-14(8-10-15)20-12-18(24)22-21-17(23)11-6-13-4-2-3-5-16(13)19/h2-5,7-10,20H,6,11-12H2,1H3,(H,21,23)(H,22,24). The van der Waals surface area contributed by atoms with Crippen LogP contribution in [-0.4, -0.2) is 25.5 Å². The van der Waals surface area contributed by atoms with Crippen LogP contribution in [-0.2, 0) is 16.0 Å². The summed E-state index contributed by atoms with van der Waals surface area (Å²) < 4.78 is 6.03. The molecule has 0 atom stereocenters. The molecule has 25 heavy (non-hydrogen) atoms. The molecule has 2 amide bonds. The van der Waals surface area contributed by atoms with Crippen molar-refractivity contribution >= 4 is 33.4 Å². The van der Waals surface area contributed by atoms with E-state index in [-0.39, 0.29) is 24.8 Å². The molecule has 7 heteroatoms. The van der Waals surface area contributed by atoms with Crippen molar-refractivity contribution in [2.75, 3.05) is 19.0 Å². The number of carbonyl (C=O) groups excluding carboxylic acids is 2. The number of rotatable bonds is 7. The highest BCUT2D eigenvalue weighted by Crippen LogP contribution is 2.17. The number of aryl methyl sites for hydroxylation is 1. The van der Waals surface area contributed by atoms with Gasteiger partial charge >= 0.3 is 0 Å². The van der Waals surface area contributed by atoms with Gasteiger partial charge in [-0.1, -0.05) is 34.1 Å². The Morgan fingerprint density at radius 1 is 1.00 bits per heavy atom. The lowest BCUT2D eigenvalue weighted by Crippen LogP contribution is -2.44. The zero-order valence-corrected chi connectivity index (χ0v) is 15.4. The van der Waals surface area contributed by atoms with Gasteiger partial charge in [0.05, 0.1) is 13.7 Å². The second-order valence-electron chi connectivity index (χ2n) is 5.27. The van der Waals surface area contributed by atoms with Gasteiger partial charge in [-0.15, -0.1) is 0 Å². The Balaban J connectivity index is 1.66. The molecule has 0 aliphatic carbocycles. The Morgan fingerprint density at radius 3 is 2.36 bits per heavy atom. The fraction of sp³-hybridized carbons (Fsp3) is 0.222. The first-order valence-electron chi connectivity index (χ1n) is 7.77. The molecule has 0 saturated carbocycles. The van der Waals surface area contributed by atoms with Gasteiger partial charge in [-0.2, -0.15) is 0 Å². The second-order valence-corrected chi connectivity index (χ2v) is 6.12. The Hall–Kier alpha value is -2.54.